The normalized spacial score (nSPS) is 10.7. The number of anilines is 1. The van der Waals surface area contributed by atoms with Crippen LogP contribution < -0.4 is 10.1 Å². The van der Waals surface area contributed by atoms with E-state index in [1.807, 2.05) is 24.3 Å². The van der Waals surface area contributed by atoms with E-state index in [-0.39, 0.29) is 12.4 Å². The van der Waals surface area contributed by atoms with Crippen molar-refractivity contribution in [3.8, 4) is 5.75 Å². The van der Waals surface area contributed by atoms with Gasteiger partial charge in [-0.25, -0.2) is 9.07 Å². The number of benzene rings is 2. The molecular formula is C18H19ClFN5O. The molecule has 3 aromatic rings. The molecule has 1 aromatic heterocycles. The van der Waals surface area contributed by atoms with Crippen molar-refractivity contribution in [1.29, 1.82) is 0 Å². The lowest BCUT2D eigenvalue weighted by Gasteiger charge is -2.13. The van der Waals surface area contributed by atoms with Crippen LogP contribution in [0.4, 0.5) is 10.3 Å². The minimum atomic E-state index is -0.367. The molecule has 136 valence electrons. The molecule has 0 aliphatic heterocycles. The van der Waals surface area contributed by atoms with Crippen LogP contribution in [-0.2, 0) is 19.7 Å². The van der Waals surface area contributed by atoms with E-state index in [1.165, 1.54) is 12.1 Å². The molecule has 3 rings (SSSR count). The van der Waals surface area contributed by atoms with E-state index in [1.54, 1.807) is 10.7 Å². The van der Waals surface area contributed by atoms with Crippen LogP contribution in [-0.4, -0.2) is 20.2 Å². The van der Waals surface area contributed by atoms with Crippen molar-refractivity contribution in [2.45, 2.75) is 33.0 Å². The van der Waals surface area contributed by atoms with E-state index in [0.717, 1.165) is 29.8 Å². The number of ether oxygens (including phenoxy) is 1. The minimum absolute atomic E-state index is 0.254. The highest BCUT2D eigenvalue weighted by molar-refractivity contribution is 6.31. The van der Waals surface area contributed by atoms with Crippen molar-refractivity contribution in [2.24, 2.45) is 0 Å². The molecule has 2 aromatic carbocycles. The zero-order valence-corrected chi connectivity index (χ0v) is 15.1. The van der Waals surface area contributed by atoms with Gasteiger partial charge < -0.3 is 10.1 Å². The summed E-state index contributed by atoms with van der Waals surface area (Å²) in [7, 11) is 0. The van der Waals surface area contributed by atoms with Crippen LogP contribution in [0.2, 0.25) is 5.02 Å². The summed E-state index contributed by atoms with van der Waals surface area (Å²) >= 11 is 6.05. The van der Waals surface area contributed by atoms with Crippen molar-refractivity contribution in [3.63, 3.8) is 0 Å². The van der Waals surface area contributed by atoms with Gasteiger partial charge in [-0.2, -0.15) is 0 Å². The maximum absolute atomic E-state index is 13.1. The van der Waals surface area contributed by atoms with Crippen LogP contribution in [0.3, 0.4) is 0 Å². The largest absolute Gasteiger partial charge is 0.488 e. The lowest BCUT2D eigenvalue weighted by Crippen LogP contribution is -2.10. The number of aromatic nitrogens is 4. The summed E-state index contributed by atoms with van der Waals surface area (Å²) in [6, 6.07) is 11.9. The SMILES string of the molecule is CCCn1nnnc1NCc1ccccc1OCc1ccc(F)cc1Cl. The monoisotopic (exact) mass is 375 g/mol. The molecule has 0 radical (unpaired) electrons. The predicted molar refractivity (Wildman–Crippen MR) is 97.6 cm³/mol. The summed E-state index contributed by atoms with van der Waals surface area (Å²) in [6.07, 6.45) is 0.942. The highest BCUT2D eigenvalue weighted by Crippen LogP contribution is 2.23. The van der Waals surface area contributed by atoms with Crippen molar-refractivity contribution in [3.05, 3.63) is 64.4 Å². The molecule has 0 spiro atoms. The van der Waals surface area contributed by atoms with Gasteiger partial charge in [0.2, 0.25) is 5.95 Å². The molecule has 0 saturated heterocycles. The Morgan fingerprint density at radius 1 is 1.19 bits per heavy atom. The average Bonchev–Trinajstić information content (AvgIpc) is 3.07. The molecule has 0 atom stereocenters. The fraction of sp³-hybridized carbons (Fsp3) is 0.278. The summed E-state index contributed by atoms with van der Waals surface area (Å²) < 4.78 is 20.8. The van der Waals surface area contributed by atoms with E-state index in [9.17, 15) is 4.39 Å². The number of rotatable bonds is 8. The Bertz CT molecular complexity index is 870. The molecule has 26 heavy (non-hydrogen) atoms. The van der Waals surface area contributed by atoms with Gasteiger partial charge in [0, 0.05) is 24.2 Å². The van der Waals surface area contributed by atoms with E-state index in [4.69, 9.17) is 16.3 Å². The second kappa shape index (κ2) is 8.62. The second-order valence-electron chi connectivity index (χ2n) is 5.71. The molecule has 0 saturated carbocycles. The third kappa shape index (κ3) is 4.49. The van der Waals surface area contributed by atoms with Gasteiger partial charge in [-0.1, -0.05) is 47.9 Å². The van der Waals surface area contributed by atoms with Crippen LogP contribution in [0.25, 0.3) is 0 Å². The summed E-state index contributed by atoms with van der Waals surface area (Å²) in [5.74, 6) is 0.964. The standard InChI is InChI=1S/C18H19ClFN5O/c1-2-9-25-18(22-23-24-25)21-11-13-5-3-4-6-17(13)26-12-14-7-8-15(20)10-16(14)19/h3-8,10H,2,9,11-12H2,1H3,(H,21,22,24). The van der Waals surface area contributed by atoms with Gasteiger partial charge in [-0.15, -0.1) is 0 Å². The Labute approximate surface area is 155 Å². The number of hydrogen-bond donors (Lipinski definition) is 1. The van der Waals surface area contributed by atoms with Crippen LogP contribution in [0.5, 0.6) is 5.75 Å². The molecule has 1 N–H and O–H groups in total. The molecule has 0 bridgehead atoms. The molecule has 1 heterocycles. The first-order valence-corrected chi connectivity index (χ1v) is 8.70. The Morgan fingerprint density at radius 3 is 2.85 bits per heavy atom. The second-order valence-corrected chi connectivity index (χ2v) is 6.12. The van der Waals surface area contributed by atoms with E-state index < -0.39 is 0 Å². The van der Waals surface area contributed by atoms with Crippen molar-refractivity contribution >= 4 is 17.5 Å². The van der Waals surface area contributed by atoms with Gasteiger partial charge in [0.1, 0.15) is 18.2 Å². The van der Waals surface area contributed by atoms with Gasteiger partial charge in [0.25, 0.3) is 0 Å². The van der Waals surface area contributed by atoms with Crippen molar-refractivity contribution in [2.75, 3.05) is 5.32 Å². The zero-order chi connectivity index (χ0) is 18.4. The Morgan fingerprint density at radius 2 is 2.04 bits per heavy atom. The fourth-order valence-electron chi connectivity index (χ4n) is 2.45. The number of halogens is 2. The van der Waals surface area contributed by atoms with Gasteiger partial charge >= 0.3 is 0 Å². The summed E-state index contributed by atoms with van der Waals surface area (Å²) in [6.45, 7) is 3.58. The van der Waals surface area contributed by atoms with Crippen molar-refractivity contribution in [1.82, 2.24) is 20.2 Å². The van der Waals surface area contributed by atoms with Crippen LogP contribution >= 0.6 is 11.6 Å². The van der Waals surface area contributed by atoms with Gasteiger partial charge in [-0.3, -0.25) is 0 Å². The maximum Gasteiger partial charge on any atom is 0.243 e. The lowest BCUT2D eigenvalue weighted by molar-refractivity contribution is 0.303. The quantitative estimate of drug-likeness (QED) is 0.643. The summed E-state index contributed by atoms with van der Waals surface area (Å²) in [5, 5.41) is 15.2. The van der Waals surface area contributed by atoms with E-state index >= 15 is 0 Å². The molecule has 0 fully saturated rings. The minimum Gasteiger partial charge on any atom is -0.488 e. The Balaban J connectivity index is 1.67. The average molecular weight is 376 g/mol. The lowest BCUT2D eigenvalue weighted by atomic mass is 10.2. The van der Waals surface area contributed by atoms with Crippen LogP contribution in [0, 0.1) is 5.82 Å². The third-order valence-corrected chi connectivity index (χ3v) is 4.13. The number of para-hydroxylation sites is 1. The molecule has 0 aliphatic rings. The molecule has 8 heteroatoms. The maximum atomic E-state index is 13.1. The van der Waals surface area contributed by atoms with Crippen LogP contribution in [0.1, 0.15) is 24.5 Å². The third-order valence-electron chi connectivity index (χ3n) is 3.78. The number of nitrogens with zero attached hydrogens (tertiary/aromatic N) is 4. The smallest absolute Gasteiger partial charge is 0.243 e. The highest BCUT2D eigenvalue weighted by atomic mass is 35.5. The van der Waals surface area contributed by atoms with Gasteiger partial charge in [0.05, 0.1) is 5.02 Å². The Hall–Kier alpha value is -2.67. The zero-order valence-electron chi connectivity index (χ0n) is 14.3. The molecular weight excluding hydrogens is 357 g/mol. The molecule has 0 amide bonds. The molecule has 0 aliphatic carbocycles. The number of nitrogens with one attached hydrogen (secondary N) is 1. The highest BCUT2D eigenvalue weighted by Gasteiger charge is 2.09. The predicted octanol–water partition coefficient (Wildman–Crippen LogP) is 4.07. The van der Waals surface area contributed by atoms with E-state index in [0.29, 0.717) is 17.5 Å². The van der Waals surface area contributed by atoms with E-state index in [2.05, 4.69) is 27.8 Å². The first-order chi connectivity index (χ1) is 12.7. The fourth-order valence-corrected chi connectivity index (χ4v) is 2.67. The summed E-state index contributed by atoms with van der Waals surface area (Å²) in [5.41, 5.74) is 1.68. The number of hydrogen-bond acceptors (Lipinski definition) is 5. The number of tetrazole rings is 1. The van der Waals surface area contributed by atoms with Gasteiger partial charge in [0.15, 0.2) is 0 Å². The molecule has 6 nitrogen and oxygen atoms in total. The topological polar surface area (TPSA) is 64.9 Å². The summed E-state index contributed by atoms with van der Waals surface area (Å²) in [4.78, 5) is 0. The van der Waals surface area contributed by atoms with Crippen LogP contribution in [0.15, 0.2) is 42.5 Å². The Kier molecular flexibility index (Phi) is 6.01. The van der Waals surface area contributed by atoms with Crippen molar-refractivity contribution < 1.29 is 9.13 Å². The first-order valence-electron chi connectivity index (χ1n) is 8.32. The first kappa shape index (κ1) is 18.1. The number of aryl methyl sites for hydroxylation is 1. The van der Waals surface area contributed by atoms with Gasteiger partial charge in [-0.05, 0) is 35.0 Å². The molecule has 0 unspecified atom stereocenters.